The van der Waals surface area contributed by atoms with E-state index in [-0.39, 0.29) is 12.5 Å². The molecule has 0 radical (unpaired) electrons. The molecule has 0 N–H and O–H groups in total. The molecule has 5 nitrogen and oxygen atoms in total. The van der Waals surface area contributed by atoms with Crippen molar-refractivity contribution in [2.45, 2.75) is 6.61 Å². The van der Waals surface area contributed by atoms with Crippen molar-refractivity contribution in [3.05, 3.63) is 35.9 Å². The van der Waals surface area contributed by atoms with E-state index in [1.165, 1.54) is 7.11 Å². The minimum atomic E-state index is -0.887. The van der Waals surface area contributed by atoms with Gasteiger partial charge in [-0.2, -0.15) is 0 Å². The molecule has 1 saturated heterocycles. The molecule has 1 atom stereocenters. The van der Waals surface area contributed by atoms with Gasteiger partial charge in [-0.15, -0.1) is 0 Å². The number of carbonyl (C=O) groups excluding carboxylic acids is 2. The van der Waals surface area contributed by atoms with Crippen LogP contribution in [0.5, 0.6) is 0 Å². The van der Waals surface area contributed by atoms with Gasteiger partial charge in [-0.3, -0.25) is 9.59 Å². The average Bonchev–Trinajstić information content (AvgIpc) is 2.40. The first-order chi connectivity index (χ1) is 9.22. The summed E-state index contributed by atoms with van der Waals surface area (Å²) in [5, 5.41) is 0. The highest BCUT2D eigenvalue weighted by Crippen LogP contribution is 2.23. The first kappa shape index (κ1) is 13.5. The lowest BCUT2D eigenvalue weighted by atomic mass is 9.91. The van der Waals surface area contributed by atoms with Crippen LogP contribution >= 0.6 is 0 Å². The molecule has 1 unspecified atom stereocenters. The highest BCUT2D eigenvalue weighted by atomic mass is 16.6. The van der Waals surface area contributed by atoms with Crippen molar-refractivity contribution >= 4 is 11.9 Å². The molecular weight excluding hydrogens is 248 g/mol. The van der Waals surface area contributed by atoms with E-state index in [4.69, 9.17) is 9.47 Å². The predicted molar refractivity (Wildman–Crippen MR) is 66.1 cm³/mol. The molecule has 1 aliphatic rings. The maximum Gasteiger partial charge on any atom is 0.321 e. The standard InChI is InChI=1S/C14H16O5/c1-17-13(15)12(11-8-18-9-11)14(16)19-7-10-5-3-2-4-6-10/h2-6,11-12H,7-9H2,1H3. The Morgan fingerprint density at radius 3 is 2.47 bits per heavy atom. The Kier molecular flexibility index (Phi) is 4.52. The summed E-state index contributed by atoms with van der Waals surface area (Å²) in [6.07, 6.45) is 0. The second-order valence-corrected chi connectivity index (χ2v) is 4.39. The molecule has 5 heteroatoms. The van der Waals surface area contributed by atoms with E-state index in [0.717, 1.165) is 5.56 Å². The number of hydrogen-bond acceptors (Lipinski definition) is 5. The normalized spacial score (nSPS) is 16.3. The van der Waals surface area contributed by atoms with Gasteiger partial charge in [0.25, 0.3) is 0 Å². The summed E-state index contributed by atoms with van der Waals surface area (Å²) in [4.78, 5) is 23.6. The molecule has 1 aromatic rings. The zero-order valence-electron chi connectivity index (χ0n) is 10.7. The Hall–Kier alpha value is -1.88. The summed E-state index contributed by atoms with van der Waals surface area (Å²) in [6, 6.07) is 9.31. The number of methoxy groups -OCH3 is 1. The molecule has 102 valence electrons. The number of esters is 2. The van der Waals surface area contributed by atoms with Gasteiger partial charge in [-0.1, -0.05) is 30.3 Å². The fourth-order valence-corrected chi connectivity index (χ4v) is 1.87. The minimum absolute atomic E-state index is 0.143. The predicted octanol–water partition coefficient (Wildman–Crippen LogP) is 1.17. The number of hydrogen-bond donors (Lipinski definition) is 0. The highest BCUT2D eigenvalue weighted by molar-refractivity contribution is 5.95. The van der Waals surface area contributed by atoms with Crippen LogP contribution in [0.3, 0.4) is 0 Å². The molecule has 0 spiro atoms. The SMILES string of the molecule is COC(=O)C(C(=O)OCc1ccccc1)C1COC1. The van der Waals surface area contributed by atoms with Gasteiger partial charge in [0.2, 0.25) is 0 Å². The van der Waals surface area contributed by atoms with Gasteiger partial charge >= 0.3 is 11.9 Å². The molecule has 1 aliphatic heterocycles. The van der Waals surface area contributed by atoms with Gasteiger partial charge in [0, 0.05) is 5.92 Å². The number of benzene rings is 1. The Bertz CT molecular complexity index is 438. The van der Waals surface area contributed by atoms with Crippen molar-refractivity contribution in [3.63, 3.8) is 0 Å². The topological polar surface area (TPSA) is 61.8 Å². The summed E-state index contributed by atoms with van der Waals surface area (Å²) in [6.45, 7) is 0.932. The van der Waals surface area contributed by atoms with Gasteiger partial charge in [-0.05, 0) is 5.56 Å². The van der Waals surface area contributed by atoms with Crippen LogP contribution in [0, 0.1) is 11.8 Å². The van der Waals surface area contributed by atoms with Crippen LogP contribution in [-0.2, 0) is 30.4 Å². The Labute approximate surface area is 111 Å². The van der Waals surface area contributed by atoms with Gasteiger partial charge in [-0.25, -0.2) is 0 Å². The average molecular weight is 264 g/mol. The molecule has 0 aromatic heterocycles. The van der Waals surface area contributed by atoms with E-state index < -0.39 is 17.9 Å². The number of carbonyl (C=O) groups is 2. The van der Waals surface area contributed by atoms with Crippen molar-refractivity contribution in [3.8, 4) is 0 Å². The highest BCUT2D eigenvalue weighted by Gasteiger charge is 2.41. The fourth-order valence-electron chi connectivity index (χ4n) is 1.87. The minimum Gasteiger partial charge on any atom is -0.468 e. The summed E-state index contributed by atoms with van der Waals surface area (Å²) in [5.74, 6) is -2.14. The molecule has 1 aromatic carbocycles. The summed E-state index contributed by atoms with van der Waals surface area (Å²) >= 11 is 0. The maximum absolute atomic E-state index is 12.0. The summed E-state index contributed by atoms with van der Waals surface area (Å²) in [5.41, 5.74) is 0.879. The van der Waals surface area contributed by atoms with Crippen LogP contribution < -0.4 is 0 Å². The van der Waals surface area contributed by atoms with Crippen molar-refractivity contribution < 1.29 is 23.8 Å². The molecule has 2 rings (SSSR count). The molecule has 1 heterocycles. The van der Waals surface area contributed by atoms with E-state index in [1.54, 1.807) is 0 Å². The molecule has 0 bridgehead atoms. The van der Waals surface area contributed by atoms with Crippen molar-refractivity contribution in [2.24, 2.45) is 11.8 Å². The molecule has 0 saturated carbocycles. The summed E-state index contributed by atoms with van der Waals surface area (Å²) < 4.78 is 14.8. The lowest BCUT2D eigenvalue weighted by molar-refractivity contribution is -0.173. The van der Waals surface area contributed by atoms with Crippen LogP contribution in [0.4, 0.5) is 0 Å². The third-order valence-electron chi connectivity index (χ3n) is 3.07. The van der Waals surface area contributed by atoms with Crippen molar-refractivity contribution in [1.82, 2.24) is 0 Å². The molecule has 0 aliphatic carbocycles. The van der Waals surface area contributed by atoms with Crippen LogP contribution in [-0.4, -0.2) is 32.3 Å². The molecule has 1 fully saturated rings. The van der Waals surface area contributed by atoms with Crippen molar-refractivity contribution in [2.75, 3.05) is 20.3 Å². The van der Waals surface area contributed by atoms with Gasteiger partial charge in [0.05, 0.1) is 20.3 Å². The molecule has 0 amide bonds. The lowest BCUT2D eigenvalue weighted by Gasteiger charge is -2.30. The van der Waals surface area contributed by atoms with Gasteiger partial charge < -0.3 is 14.2 Å². The van der Waals surface area contributed by atoms with Crippen LogP contribution in [0.1, 0.15) is 5.56 Å². The Balaban J connectivity index is 1.94. The number of rotatable bonds is 5. The van der Waals surface area contributed by atoms with Crippen LogP contribution in [0.25, 0.3) is 0 Å². The molecule has 19 heavy (non-hydrogen) atoms. The third kappa shape index (κ3) is 3.32. The lowest BCUT2D eigenvalue weighted by Crippen LogP contribution is -2.43. The largest absolute Gasteiger partial charge is 0.468 e. The van der Waals surface area contributed by atoms with E-state index in [9.17, 15) is 9.59 Å². The van der Waals surface area contributed by atoms with Gasteiger partial charge in [0.1, 0.15) is 6.61 Å². The second-order valence-electron chi connectivity index (χ2n) is 4.39. The van der Waals surface area contributed by atoms with E-state index in [1.807, 2.05) is 30.3 Å². The monoisotopic (exact) mass is 264 g/mol. The van der Waals surface area contributed by atoms with E-state index >= 15 is 0 Å². The number of ether oxygens (including phenoxy) is 3. The second kappa shape index (κ2) is 6.33. The quantitative estimate of drug-likeness (QED) is 0.590. The zero-order chi connectivity index (χ0) is 13.7. The first-order valence-corrected chi connectivity index (χ1v) is 6.08. The van der Waals surface area contributed by atoms with E-state index in [2.05, 4.69) is 4.74 Å². The van der Waals surface area contributed by atoms with Crippen molar-refractivity contribution in [1.29, 1.82) is 0 Å². The summed E-state index contributed by atoms with van der Waals surface area (Å²) in [7, 11) is 1.26. The molecular formula is C14H16O5. The maximum atomic E-state index is 12.0. The smallest absolute Gasteiger partial charge is 0.321 e. The third-order valence-corrected chi connectivity index (χ3v) is 3.07. The van der Waals surface area contributed by atoms with Crippen LogP contribution in [0.2, 0.25) is 0 Å². The van der Waals surface area contributed by atoms with Crippen LogP contribution in [0.15, 0.2) is 30.3 Å². The first-order valence-electron chi connectivity index (χ1n) is 6.08. The van der Waals surface area contributed by atoms with Gasteiger partial charge in [0.15, 0.2) is 5.92 Å². The Morgan fingerprint density at radius 2 is 1.95 bits per heavy atom. The fraction of sp³-hybridized carbons (Fsp3) is 0.429. The van der Waals surface area contributed by atoms with E-state index in [0.29, 0.717) is 13.2 Å². The zero-order valence-corrected chi connectivity index (χ0v) is 10.7. The Morgan fingerprint density at radius 1 is 1.26 bits per heavy atom.